The van der Waals surface area contributed by atoms with Crippen LogP contribution < -0.4 is 10.6 Å². The molecule has 9 heteroatoms. The Hall–Kier alpha value is -2.45. The van der Waals surface area contributed by atoms with Crippen molar-refractivity contribution in [2.24, 2.45) is 0 Å². The van der Waals surface area contributed by atoms with Crippen LogP contribution in [0.5, 0.6) is 0 Å². The molecule has 0 aromatic heterocycles. The molecule has 0 heterocycles. The molecule has 0 aliphatic heterocycles. The fourth-order valence-corrected chi connectivity index (χ4v) is 1.02. The van der Waals surface area contributed by atoms with Gasteiger partial charge < -0.3 is 15.3 Å². The van der Waals surface area contributed by atoms with Gasteiger partial charge in [-0.1, -0.05) is 0 Å². The number of carboxylic acid groups (broad SMARTS) is 1. The maximum absolute atomic E-state index is 11.0. The standard InChI is InChI=1S/C7H10N2O5.C4H9NO/c1-5(11)2-9(3-6(12)13)7(14)8-4-10;1-3-5-4(2)6/h4H,2-3H2,1H3,(H,12,13)(H,8,10,14);3H2,1-2H3,(H,5,6). The normalized spacial score (nSPS) is 8.55. The van der Waals surface area contributed by atoms with Crippen molar-refractivity contribution in [1.29, 1.82) is 0 Å². The van der Waals surface area contributed by atoms with E-state index in [0.29, 0.717) is 0 Å². The third-order valence-corrected chi connectivity index (χ3v) is 1.63. The summed E-state index contributed by atoms with van der Waals surface area (Å²) in [6.45, 7) is 4.37. The number of carboxylic acids is 1. The van der Waals surface area contributed by atoms with Crippen LogP contribution in [-0.4, -0.2) is 59.7 Å². The highest BCUT2D eigenvalue weighted by Gasteiger charge is 2.17. The van der Waals surface area contributed by atoms with Crippen molar-refractivity contribution in [3.8, 4) is 0 Å². The zero-order valence-electron chi connectivity index (χ0n) is 11.6. The van der Waals surface area contributed by atoms with Gasteiger partial charge in [0.2, 0.25) is 12.3 Å². The van der Waals surface area contributed by atoms with Gasteiger partial charge in [-0.15, -0.1) is 0 Å². The fourth-order valence-electron chi connectivity index (χ4n) is 1.02. The minimum absolute atomic E-state index is 0.0394. The van der Waals surface area contributed by atoms with Crippen LogP contribution in [-0.2, 0) is 19.2 Å². The third-order valence-electron chi connectivity index (χ3n) is 1.63. The van der Waals surface area contributed by atoms with Gasteiger partial charge in [-0.3, -0.25) is 24.5 Å². The molecule has 0 aromatic rings. The predicted molar refractivity (Wildman–Crippen MR) is 68.8 cm³/mol. The van der Waals surface area contributed by atoms with Gasteiger partial charge in [0, 0.05) is 13.5 Å². The molecular weight excluding hydrogens is 270 g/mol. The van der Waals surface area contributed by atoms with Crippen LogP contribution in [0.2, 0.25) is 0 Å². The molecule has 0 rings (SSSR count). The Morgan fingerprint density at radius 1 is 1.15 bits per heavy atom. The maximum Gasteiger partial charge on any atom is 0.324 e. The van der Waals surface area contributed by atoms with Crippen molar-refractivity contribution in [2.75, 3.05) is 19.6 Å². The number of amides is 4. The highest BCUT2D eigenvalue weighted by Crippen LogP contribution is 1.89. The number of hydrogen-bond donors (Lipinski definition) is 3. The molecule has 0 atom stereocenters. The molecule has 0 radical (unpaired) electrons. The van der Waals surface area contributed by atoms with Gasteiger partial charge >= 0.3 is 12.0 Å². The first-order valence-electron chi connectivity index (χ1n) is 5.69. The third kappa shape index (κ3) is 13.6. The molecule has 0 spiro atoms. The smallest absolute Gasteiger partial charge is 0.324 e. The first kappa shape index (κ1) is 19.9. The van der Waals surface area contributed by atoms with Crippen molar-refractivity contribution in [3.05, 3.63) is 0 Å². The Kier molecular flexibility index (Phi) is 11.6. The molecule has 0 saturated heterocycles. The molecule has 0 saturated carbocycles. The molecule has 3 N–H and O–H groups in total. The van der Waals surface area contributed by atoms with E-state index in [0.717, 1.165) is 11.4 Å². The second-order valence-corrected chi connectivity index (χ2v) is 3.61. The van der Waals surface area contributed by atoms with Gasteiger partial charge in [-0.2, -0.15) is 0 Å². The lowest BCUT2D eigenvalue weighted by Gasteiger charge is -2.17. The van der Waals surface area contributed by atoms with Gasteiger partial charge in [-0.05, 0) is 13.8 Å². The van der Waals surface area contributed by atoms with Crippen LogP contribution in [0.3, 0.4) is 0 Å². The van der Waals surface area contributed by atoms with E-state index < -0.39 is 18.5 Å². The van der Waals surface area contributed by atoms with E-state index in [1.54, 1.807) is 5.32 Å². The quantitative estimate of drug-likeness (QED) is 0.535. The molecule has 0 aliphatic rings. The molecule has 0 unspecified atom stereocenters. The summed E-state index contributed by atoms with van der Waals surface area (Å²) >= 11 is 0. The van der Waals surface area contributed by atoms with E-state index in [1.165, 1.54) is 13.8 Å². The number of aliphatic carboxylic acids is 1. The fraction of sp³-hybridized carbons (Fsp3) is 0.545. The summed E-state index contributed by atoms with van der Waals surface area (Å²) in [5.74, 6) is -1.59. The SMILES string of the molecule is CC(=O)CN(CC(=O)O)C(=O)NC=O.CCNC(C)=O. The van der Waals surface area contributed by atoms with E-state index >= 15 is 0 Å². The van der Waals surface area contributed by atoms with Crippen LogP contribution in [0, 0.1) is 0 Å². The zero-order valence-corrected chi connectivity index (χ0v) is 11.6. The number of hydrogen-bond acceptors (Lipinski definition) is 5. The number of nitrogens with zero attached hydrogens (tertiary/aromatic N) is 1. The summed E-state index contributed by atoms with van der Waals surface area (Å²) in [6, 6.07) is -0.905. The number of carbonyl (C=O) groups excluding carboxylic acids is 4. The van der Waals surface area contributed by atoms with Crippen molar-refractivity contribution >= 4 is 30.1 Å². The van der Waals surface area contributed by atoms with Gasteiger partial charge in [0.15, 0.2) is 0 Å². The minimum Gasteiger partial charge on any atom is -0.480 e. The molecule has 0 bridgehead atoms. The Balaban J connectivity index is 0. The zero-order chi connectivity index (χ0) is 16.1. The lowest BCUT2D eigenvalue weighted by Crippen LogP contribution is -2.44. The largest absolute Gasteiger partial charge is 0.480 e. The van der Waals surface area contributed by atoms with Crippen LogP contribution in [0.4, 0.5) is 4.79 Å². The van der Waals surface area contributed by atoms with Crippen molar-refractivity contribution in [2.45, 2.75) is 20.8 Å². The lowest BCUT2D eigenvalue weighted by molar-refractivity contribution is -0.138. The summed E-state index contributed by atoms with van der Waals surface area (Å²) in [5.41, 5.74) is 0. The summed E-state index contributed by atoms with van der Waals surface area (Å²) in [6.07, 6.45) is 0.122. The number of rotatable bonds is 6. The average molecular weight is 289 g/mol. The Labute approximate surface area is 116 Å². The van der Waals surface area contributed by atoms with Gasteiger partial charge in [0.05, 0.1) is 6.54 Å². The van der Waals surface area contributed by atoms with E-state index in [4.69, 9.17) is 5.11 Å². The van der Waals surface area contributed by atoms with E-state index in [-0.39, 0.29) is 24.6 Å². The summed E-state index contributed by atoms with van der Waals surface area (Å²) in [7, 11) is 0. The average Bonchev–Trinajstić information content (AvgIpc) is 2.27. The Morgan fingerprint density at radius 3 is 1.95 bits per heavy atom. The summed E-state index contributed by atoms with van der Waals surface area (Å²) in [4.78, 5) is 52.5. The molecule has 0 fully saturated rings. The number of carbonyl (C=O) groups is 5. The molecule has 9 nitrogen and oxygen atoms in total. The van der Waals surface area contributed by atoms with Crippen LogP contribution in [0.15, 0.2) is 0 Å². The van der Waals surface area contributed by atoms with Crippen LogP contribution in [0.25, 0.3) is 0 Å². The van der Waals surface area contributed by atoms with Crippen molar-refractivity contribution in [3.63, 3.8) is 0 Å². The Bertz CT molecular complexity index is 353. The number of nitrogens with one attached hydrogen (secondary N) is 2. The van der Waals surface area contributed by atoms with Crippen molar-refractivity contribution < 1.29 is 29.1 Å². The number of Topliss-reactive ketones (excluding diaryl/α,β-unsaturated/α-hetero) is 1. The monoisotopic (exact) mass is 289 g/mol. The number of ketones is 1. The molecule has 4 amide bonds. The maximum atomic E-state index is 11.0. The highest BCUT2D eigenvalue weighted by molar-refractivity contribution is 5.90. The van der Waals surface area contributed by atoms with Crippen LogP contribution in [0.1, 0.15) is 20.8 Å². The lowest BCUT2D eigenvalue weighted by atomic mass is 10.4. The molecule has 0 aliphatic carbocycles. The second-order valence-electron chi connectivity index (χ2n) is 3.61. The second kappa shape index (κ2) is 11.6. The summed E-state index contributed by atoms with van der Waals surface area (Å²) < 4.78 is 0. The van der Waals surface area contributed by atoms with E-state index in [9.17, 15) is 24.0 Å². The van der Waals surface area contributed by atoms with Crippen molar-refractivity contribution in [1.82, 2.24) is 15.5 Å². The molecule has 114 valence electrons. The first-order chi connectivity index (χ1) is 9.24. The van der Waals surface area contributed by atoms with E-state index in [2.05, 4.69) is 5.32 Å². The Morgan fingerprint density at radius 2 is 1.70 bits per heavy atom. The summed E-state index contributed by atoms with van der Waals surface area (Å²) in [5, 5.41) is 12.7. The molecule has 0 aromatic carbocycles. The van der Waals surface area contributed by atoms with Gasteiger partial charge in [0.25, 0.3) is 0 Å². The van der Waals surface area contributed by atoms with E-state index in [1.807, 2.05) is 6.92 Å². The highest BCUT2D eigenvalue weighted by atomic mass is 16.4. The van der Waals surface area contributed by atoms with Crippen LogP contribution >= 0.6 is 0 Å². The molecular formula is C11H19N3O6. The predicted octanol–water partition coefficient (Wildman–Crippen LogP) is -1.03. The number of imide groups is 1. The number of urea groups is 1. The first-order valence-corrected chi connectivity index (χ1v) is 5.69. The van der Waals surface area contributed by atoms with Gasteiger partial charge in [0.1, 0.15) is 12.3 Å². The molecule has 20 heavy (non-hydrogen) atoms. The minimum atomic E-state index is -1.26. The topological polar surface area (TPSA) is 133 Å². The van der Waals surface area contributed by atoms with Gasteiger partial charge in [-0.25, -0.2) is 4.79 Å².